The molecule has 3 aliphatic carbocycles. The second kappa shape index (κ2) is 8.08. The highest BCUT2D eigenvalue weighted by Gasteiger charge is 2.72. The van der Waals surface area contributed by atoms with Gasteiger partial charge in [-0.1, -0.05) is 54.6 Å². The van der Waals surface area contributed by atoms with Gasteiger partial charge in [-0.2, -0.15) is 0 Å². The van der Waals surface area contributed by atoms with Crippen molar-refractivity contribution in [2.24, 2.45) is 11.8 Å². The van der Waals surface area contributed by atoms with Crippen molar-refractivity contribution in [1.29, 1.82) is 0 Å². The summed E-state index contributed by atoms with van der Waals surface area (Å²) in [5.74, 6) is -2.25. The van der Waals surface area contributed by atoms with Crippen LogP contribution in [0.4, 0.5) is 5.69 Å². The van der Waals surface area contributed by atoms with Gasteiger partial charge in [0, 0.05) is 24.7 Å². The van der Waals surface area contributed by atoms with E-state index in [0.717, 1.165) is 27.2 Å². The van der Waals surface area contributed by atoms with E-state index in [1.165, 1.54) is 0 Å². The first-order valence-corrected chi connectivity index (χ1v) is 12.4. The van der Waals surface area contributed by atoms with E-state index in [2.05, 4.69) is 5.32 Å². The van der Waals surface area contributed by atoms with Crippen LogP contribution < -0.4 is 10.1 Å². The molecule has 0 aromatic heterocycles. The van der Waals surface area contributed by atoms with Crippen LogP contribution >= 0.6 is 23.2 Å². The van der Waals surface area contributed by atoms with E-state index in [1.54, 1.807) is 31.4 Å². The van der Waals surface area contributed by atoms with Crippen molar-refractivity contribution in [1.82, 2.24) is 4.90 Å². The number of halogens is 2. The van der Waals surface area contributed by atoms with Crippen LogP contribution in [-0.4, -0.2) is 36.3 Å². The van der Waals surface area contributed by atoms with Gasteiger partial charge in [0.1, 0.15) is 15.5 Å². The summed E-state index contributed by atoms with van der Waals surface area (Å²) in [5, 5.41) is 2.79. The molecule has 3 aromatic carbocycles. The molecule has 3 aromatic rings. The van der Waals surface area contributed by atoms with Crippen LogP contribution in [0.25, 0.3) is 0 Å². The van der Waals surface area contributed by atoms with Gasteiger partial charge in [0.15, 0.2) is 0 Å². The van der Waals surface area contributed by atoms with Gasteiger partial charge in [-0.3, -0.25) is 19.3 Å². The zero-order chi connectivity index (χ0) is 25.2. The normalized spacial score (nSPS) is 27.4. The summed E-state index contributed by atoms with van der Waals surface area (Å²) < 4.78 is 5.18. The smallest absolute Gasteiger partial charge is 0.235 e. The van der Waals surface area contributed by atoms with Crippen LogP contribution in [0, 0.1) is 11.8 Å². The molecule has 4 aliphatic rings. The van der Waals surface area contributed by atoms with E-state index in [0.29, 0.717) is 11.4 Å². The molecule has 6 nitrogen and oxygen atoms in total. The first-order valence-electron chi connectivity index (χ1n) is 11.7. The molecule has 1 N–H and O–H groups in total. The molecule has 7 rings (SSSR count). The number of carbonyl (C=O) groups is 3. The van der Waals surface area contributed by atoms with Crippen LogP contribution in [0.1, 0.15) is 28.7 Å². The van der Waals surface area contributed by atoms with Gasteiger partial charge < -0.3 is 10.1 Å². The number of rotatable bonds is 5. The molecule has 1 heterocycles. The third-order valence-corrected chi connectivity index (χ3v) is 8.88. The lowest BCUT2D eigenvalue weighted by Crippen LogP contribution is -2.57. The van der Waals surface area contributed by atoms with Gasteiger partial charge in [0.2, 0.25) is 17.7 Å². The predicted octanol–water partition coefficient (Wildman–Crippen LogP) is 4.62. The fourth-order valence-corrected chi connectivity index (χ4v) is 7.18. The lowest BCUT2D eigenvalue weighted by Gasteiger charge is -2.54. The summed E-state index contributed by atoms with van der Waals surface area (Å²) >= 11 is 14.8. The van der Waals surface area contributed by atoms with E-state index in [-0.39, 0.29) is 18.9 Å². The predicted molar refractivity (Wildman–Crippen MR) is 136 cm³/mol. The molecule has 3 amide bonds. The third-order valence-electron chi connectivity index (χ3n) is 7.59. The standard InChI is InChI=1S/C28H22Cl2N2O4/c1-36-17-8-6-7-16(15-17)31-22(33)13-14-32-25(34)23-24(26(32)35)28(30)19-10-3-2-9-18(19)27(23,29)20-11-4-5-12-21(20)28/h2-12,15,23-24H,13-14H2,1H3,(H,31,33)/t23-,24-,27?,28?/m1/s1. The van der Waals surface area contributed by atoms with Crippen molar-refractivity contribution in [3.8, 4) is 5.75 Å². The first-order chi connectivity index (χ1) is 17.3. The Labute approximate surface area is 218 Å². The summed E-state index contributed by atoms with van der Waals surface area (Å²) in [6.07, 6.45) is -0.0569. The second-order valence-corrected chi connectivity index (χ2v) is 10.5. The molecule has 0 unspecified atom stereocenters. The number of amides is 3. The van der Waals surface area contributed by atoms with Gasteiger partial charge in [-0.05, 0) is 34.4 Å². The van der Waals surface area contributed by atoms with Crippen LogP contribution in [0.15, 0.2) is 72.8 Å². The molecular formula is C28H22Cl2N2O4. The highest BCUT2D eigenvalue weighted by Crippen LogP contribution is 2.69. The number of anilines is 1. The Morgan fingerprint density at radius 2 is 1.36 bits per heavy atom. The van der Waals surface area contributed by atoms with Crippen molar-refractivity contribution < 1.29 is 19.1 Å². The molecule has 1 aliphatic heterocycles. The van der Waals surface area contributed by atoms with Crippen LogP contribution in [0.3, 0.4) is 0 Å². The summed E-state index contributed by atoms with van der Waals surface area (Å²) in [7, 11) is 1.54. The number of methoxy groups -OCH3 is 1. The largest absolute Gasteiger partial charge is 0.497 e. The molecule has 8 heteroatoms. The molecule has 182 valence electrons. The topological polar surface area (TPSA) is 75.7 Å². The molecule has 36 heavy (non-hydrogen) atoms. The molecular weight excluding hydrogens is 499 g/mol. The molecule has 0 spiro atoms. The SMILES string of the molecule is COc1cccc(NC(=O)CCN2C(=O)[C@H]3[C@H](C2=O)C2(Cl)c4ccccc4C3(Cl)c3ccccc32)c1. The van der Waals surface area contributed by atoms with Crippen molar-refractivity contribution in [3.05, 3.63) is 95.1 Å². The van der Waals surface area contributed by atoms with E-state index >= 15 is 0 Å². The number of ether oxygens (including phenoxy) is 1. The first kappa shape index (κ1) is 23.1. The Kier molecular flexibility index (Phi) is 5.18. The number of nitrogens with one attached hydrogen (secondary N) is 1. The van der Waals surface area contributed by atoms with E-state index in [4.69, 9.17) is 27.9 Å². The minimum Gasteiger partial charge on any atom is -0.497 e. The van der Waals surface area contributed by atoms with Crippen molar-refractivity contribution >= 4 is 46.6 Å². The van der Waals surface area contributed by atoms with Gasteiger partial charge in [0.05, 0.1) is 18.9 Å². The lowest BCUT2D eigenvalue weighted by molar-refractivity contribution is -0.140. The third kappa shape index (κ3) is 2.95. The number of likely N-dealkylation sites (tertiary alicyclic amines) is 1. The highest BCUT2D eigenvalue weighted by molar-refractivity contribution is 6.36. The molecule has 0 radical (unpaired) electrons. The average Bonchev–Trinajstić information content (AvgIpc) is 3.16. The van der Waals surface area contributed by atoms with Gasteiger partial charge in [-0.15, -0.1) is 23.2 Å². The average molecular weight is 521 g/mol. The second-order valence-electron chi connectivity index (χ2n) is 9.33. The number of hydrogen-bond acceptors (Lipinski definition) is 4. The van der Waals surface area contributed by atoms with Crippen LogP contribution in [-0.2, 0) is 24.1 Å². The molecule has 2 atom stereocenters. The van der Waals surface area contributed by atoms with Crippen LogP contribution in [0.5, 0.6) is 5.75 Å². The van der Waals surface area contributed by atoms with Gasteiger partial charge in [-0.25, -0.2) is 0 Å². The number of alkyl halides is 2. The number of nitrogens with zero attached hydrogens (tertiary/aromatic N) is 1. The lowest BCUT2D eigenvalue weighted by atomic mass is 9.54. The minimum atomic E-state index is -1.22. The maximum Gasteiger partial charge on any atom is 0.235 e. The van der Waals surface area contributed by atoms with E-state index < -0.39 is 33.4 Å². The quantitative estimate of drug-likeness (QED) is 0.393. The fraction of sp³-hybridized carbons (Fsp3) is 0.250. The van der Waals surface area contributed by atoms with E-state index in [9.17, 15) is 14.4 Å². The van der Waals surface area contributed by atoms with E-state index in [1.807, 2.05) is 48.5 Å². The van der Waals surface area contributed by atoms with Gasteiger partial charge in [0.25, 0.3) is 0 Å². The monoisotopic (exact) mass is 520 g/mol. The van der Waals surface area contributed by atoms with Crippen LogP contribution in [0.2, 0.25) is 0 Å². The highest BCUT2D eigenvalue weighted by atomic mass is 35.5. The summed E-state index contributed by atoms with van der Waals surface area (Å²) in [6, 6.07) is 22.0. The number of imide groups is 1. The number of hydrogen-bond donors (Lipinski definition) is 1. The maximum absolute atomic E-state index is 13.8. The molecule has 0 saturated carbocycles. The summed E-state index contributed by atoms with van der Waals surface area (Å²) in [5.41, 5.74) is 3.57. The van der Waals surface area contributed by atoms with Gasteiger partial charge >= 0.3 is 0 Å². The van der Waals surface area contributed by atoms with Crippen molar-refractivity contribution in [2.75, 3.05) is 19.0 Å². The fourth-order valence-electron chi connectivity index (χ4n) is 6.08. The Balaban J connectivity index is 1.32. The zero-order valence-electron chi connectivity index (χ0n) is 19.3. The Morgan fingerprint density at radius 3 is 1.83 bits per heavy atom. The van der Waals surface area contributed by atoms with Crippen molar-refractivity contribution in [2.45, 2.75) is 16.2 Å². The Hall–Kier alpha value is -3.35. The zero-order valence-corrected chi connectivity index (χ0v) is 20.8. The maximum atomic E-state index is 13.8. The molecule has 1 saturated heterocycles. The molecule has 2 bridgehead atoms. The van der Waals surface area contributed by atoms with Crippen molar-refractivity contribution in [3.63, 3.8) is 0 Å². The Bertz CT molecular complexity index is 1320. The summed E-state index contributed by atoms with van der Waals surface area (Å²) in [6.45, 7) is -0.0624. The Morgan fingerprint density at radius 1 is 0.861 bits per heavy atom. The number of carbonyl (C=O) groups excluding carboxylic acids is 3. The summed E-state index contributed by atoms with van der Waals surface area (Å²) in [4.78, 5) is 38.9. The molecule has 1 fully saturated rings. The number of benzene rings is 3. The minimum absolute atomic E-state index is 0.0569.